The minimum Gasteiger partial charge on any atom is -0.496 e. The van der Waals surface area contributed by atoms with Crippen molar-refractivity contribution in [2.75, 3.05) is 34.4 Å². The molecule has 0 bridgehead atoms. The van der Waals surface area contributed by atoms with Gasteiger partial charge in [-0.15, -0.1) is 0 Å². The van der Waals surface area contributed by atoms with Crippen molar-refractivity contribution in [1.29, 1.82) is 0 Å². The number of aromatic nitrogens is 2. The third kappa shape index (κ3) is 4.41. The fourth-order valence-corrected chi connectivity index (χ4v) is 3.85. The van der Waals surface area contributed by atoms with Gasteiger partial charge in [-0.25, -0.2) is 0 Å². The molecule has 7 heteroatoms. The third-order valence-electron chi connectivity index (χ3n) is 5.54. The minimum absolute atomic E-state index is 0.611. The predicted octanol–water partition coefficient (Wildman–Crippen LogP) is 4.36. The first-order valence-electron chi connectivity index (χ1n) is 10.2. The van der Waals surface area contributed by atoms with Gasteiger partial charge in [-0.3, -0.25) is 4.90 Å². The molecular weight excluding hydrogens is 394 g/mol. The maximum absolute atomic E-state index is 5.61. The van der Waals surface area contributed by atoms with Crippen LogP contribution in [0.15, 0.2) is 47.0 Å². The molecule has 0 saturated carbocycles. The molecule has 3 aromatic rings. The Morgan fingerprint density at radius 2 is 1.77 bits per heavy atom. The molecule has 0 unspecified atom stereocenters. The fraction of sp³-hybridized carbons (Fsp3) is 0.333. The van der Waals surface area contributed by atoms with E-state index in [1.807, 2.05) is 43.3 Å². The molecule has 31 heavy (non-hydrogen) atoms. The van der Waals surface area contributed by atoms with Crippen LogP contribution in [-0.4, -0.2) is 49.5 Å². The monoisotopic (exact) mass is 421 g/mol. The summed E-state index contributed by atoms with van der Waals surface area (Å²) in [6, 6.07) is 11.8. The maximum atomic E-state index is 5.61. The number of nitrogens with zero attached hydrogens (tertiary/aromatic N) is 3. The van der Waals surface area contributed by atoms with Crippen LogP contribution < -0.4 is 14.2 Å². The second-order valence-corrected chi connectivity index (χ2v) is 7.45. The van der Waals surface area contributed by atoms with Gasteiger partial charge in [0, 0.05) is 30.8 Å². The van der Waals surface area contributed by atoms with E-state index in [0.29, 0.717) is 24.0 Å². The van der Waals surface area contributed by atoms with Crippen molar-refractivity contribution >= 4 is 5.57 Å². The fourth-order valence-electron chi connectivity index (χ4n) is 3.85. The van der Waals surface area contributed by atoms with Gasteiger partial charge in [0.2, 0.25) is 11.7 Å². The molecule has 1 aliphatic rings. The summed E-state index contributed by atoms with van der Waals surface area (Å²) in [4.78, 5) is 6.87. The number of hydrogen-bond donors (Lipinski definition) is 0. The molecule has 0 spiro atoms. The summed E-state index contributed by atoms with van der Waals surface area (Å²) in [6.07, 6.45) is 3.06. The summed E-state index contributed by atoms with van der Waals surface area (Å²) in [5, 5.41) is 4.16. The van der Waals surface area contributed by atoms with E-state index in [9.17, 15) is 0 Å². The van der Waals surface area contributed by atoms with Crippen LogP contribution in [0.2, 0.25) is 0 Å². The Morgan fingerprint density at radius 1 is 1.03 bits per heavy atom. The van der Waals surface area contributed by atoms with Gasteiger partial charge >= 0.3 is 0 Å². The molecule has 2 heterocycles. The Morgan fingerprint density at radius 3 is 2.39 bits per heavy atom. The molecule has 2 aromatic carbocycles. The lowest BCUT2D eigenvalue weighted by atomic mass is 9.97. The SMILES string of the molecule is COc1cc(OC)c(C2=CCN(Cc3nc(-c4ccccc4C)no3)CC2)c(OC)c1. The number of aryl methyl sites for hydroxylation is 1. The van der Waals surface area contributed by atoms with Gasteiger partial charge in [0.05, 0.1) is 33.4 Å². The molecule has 4 rings (SSSR count). The van der Waals surface area contributed by atoms with E-state index < -0.39 is 0 Å². The quantitative estimate of drug-likeness (QED) is 0.561. The Hall–Kier alpha value is -3.32. The topological polar surface area (TPSA) is 69.9 Å². The van der Waals surface area contributed by atoms with Gasteiger partial charge in [0.25, 0.3) is 0 Å². The molecule has 0 radical (unpaired) electrons. The van der Waals surface area contributed by atoms with Gasteiger partial charge in [0.1, 0.15) is 17.2 Å². The molecule has 0 saturated heterocycles. The summed E-state index contributed by atoms with van der Waals surface area (Å²) in [6.45, 7) is 4.30. The molecule has 0 atom stereocenters. The number of ether oxygens (including phenoxy) is 3. The van der Waals surface area contributed by atoms with Gasteiger partial charge in [-0.2, -0.15) is 4.98 Å². The van der Waals surface area contributed by atoms with Crippen molar-refractivity contribution in [2.24, 2.45) is 0 Å². The van der Waals surface area contributed by atoms with Crippen LogP contribution in [0.5, 0.6) is 17.2 Å². The van der Waals surface area contributed by atoms with Gasteiger partial charge in [-0.1, -0.05) is 35.5 Å². The standard InChI is InChI=1S/C24H27N3O4/c1-16-7-5-6-8-19(16)24-25-22(31-26-24)15-27-11-9-17(10-12-27)23-20(29-3)13-18(28-2)14-21(23)30-4/h5-9,13-14H,10-12,15H2,1-4H3. The lowest BCUT2D eigenvalue weighted by Gasteiger charge is -2.26. The lowest BCUT2D eigenvalue weighted by molar-refractivity contribution is 0.245. The highest BCUT2D eigenvalue weighted by Gasteiger charge is 2.22. The van der Waals surface area contributed by atoms with Crippen LogP contribution in [-0.2, 0) is 6.54 Å². The van der Waals surface area contributed by atoms with Crippen LogP contribution in [0.4, 0.5) is 0 Å². The predicted molar refractivity (Wildman–Crippen MR) is 118 cm³/mol. The van der Waals surface area contributed by atoms with Crippen molar-refractivity contribution in [1.82, 2.24) is 15.0 Å². The Bertz CT molecular complexity index is 1060. The van der Waals surface area contributed by atoms with E-state index >= 15 is 0 Å². The van der Waals surface area contributed by atoms with Crippen LogP contribution >= 0.6 is 0 Å². The van der Waals surface area contributed by atoms with Crippen molar-refractivity contribution in [2.45, 2.75) is 19.9 Å². The second kappa shape index (κ2) is 9.22. The van der Waals surface area contributed by atoms with Crippen molar-refractivity contribution in [3.8, 4) is 28.6 Å². The molecule has 0 N–H and O–H groups in total. The molecule has 162 valence electrons. The highest BCUT2D eigenvalue weighted by Crippen LogP contribution is 2.41. The first kappa shape index (κ1) is 20.9. The summed E-state index contributed by atoms with van der Waals surface area (Å²) in [7, 11) is 4.96. The second-order valence-electron chi connectivity index (χ2n) is 7.45. The Kier molecular flexibility index (Phi) is 6.23. The zero-order valence-corrected chi connectivity index (χ0v) is 18.3. The normalized spacial score (nSPS) is 14.3. The zero-order valence-electron chi connectivity index (χ0n) is 18.3. The minimum atomic E-state index is 0.611. The smallest absolute Gasteiger partial charge is 0.241 e. The highest BCUT2D eigenvalue weighted by atomic mass is 16.5. The van der Waals surface area contributed by atoms with E-state index in [0.717, 1.165) is 47.7 Å². The van der Waals surface area contributed by atoms with E-state index in [1.165, 1.54) is 5.57 Å². The zero-order chi connectivity index (χ0) is 21.8. The number of rotatable bonds is 7. The molecule has 1 aliphatic heterocycles. The third-order valence-corrected chi connectivity index (χ3v) is 5.54. The van der Waals surface area contributed by atoms with Crippen LogP contribution in [0, 0.1) is 6.92 Å². The first-order valence-corrected chi connectivity index (χ1v) is 10.2. The average Bonchev–Trinajstić information content (AvgIpc) is 3.27. The highest BCUT2D eigenvalue weighted by molar-refractivity contribution is 5.77. The van der Waals surface area contributed by atoms with E-state index in [1.54, 1.807) is 21.3 Å². The van der Waals surface area contributed by atoms with Gasteiger partial charge in [0.15, 0.2) is 0 Å². The van der Waals surface area contributed by atoms with Gasteiger partial charge in [-0.05, 0) is 24.5 Å². The van der Waals surface area contributed by atoms with Gasteiger partial charge < -0.3 is 18.7 Å². The molecule has 0 amide bonds. The number of hydrogen-bond acceptors (Lipinski definition) is 7. The summed E-state index contributed by atoms with van der Waals surface area (Å²) >= 11 is 0. The summed E-state index contributed by atoms with van der Waals surface area (Å²) in [5.41, 5.74) is 4.30. The molecule has 0 aliphatic carbocycles. The van der Waals surface area contributed by atoms with Crippen molar-refractivity contribution in [3.05, 3.63) is 59.5 Å². The maximum Gasteiger partial charge on any atom is 0.241 e. The lowest BCUT2D eigenvalue weighted by Crippen LogP contribution is -2.28. The first-order chi connectivity index (χ1) is 15.1. The van der Waals surface area contributed by atoms with Crippen molar-refractivity contribution < 1.29 is 18.7 Å². The number of methoxy groups -OCH3 is 3. The van der Waals surface area contributed by atoms with Crippen LogP contribution in [0.3, 0.4) is 0 Å². The Labute approximate surface area is 182 Å². The average molecular weight is 421 g/mol. The largest absolute Gasteiger partial charge is 0.496 e. The molecule has 0 fully saturated rings. The molecule has 7 nitrogen and oxygen atoms in total. The van der Waals surface area contributed by atoms with E-state index in [-0.39, 0.29) is 0 Å². The van der Waals surface area contributed by atoms with E-state index in [4.69, 9.17) is 18.7 Å². The van der Waals surface area contributed by atoms with Crippen LogP contribution in [0.1, 0.15) is 23.4 Å². The molecular formula is C24H27N3O4. The summed E-state index contributed by atoms with van der Waals surface area (Å²) in [5.74, 6) is 3.45. The van der Waals surface area contributed by atoms with Crippen LogP contribution in [0.25, 0.3) is 17.0 Å². The Balaban J connectivity index is 1.49. The van der Waals surface area contributed by atoms with Crippen molar-refractivity contribution in [3.63, 3.8) is 0 Å². The number of benzene rings is 2. The summed E-state index contributed by atoms with van der Waals surface area (Å²) < 4.78 is 22.1. The molecule has 1 aromatic heterocycles. The van der Waals surface area contributed by atoms with E-state index in [2.05, 4.69) is 21.1 Å².